The third kappa shape index (κ3) is 3.64. The first-order valence-electron chi connectivity index (χ1n) is 9.36. The summed E-state index contributed by atoms with van der Waals surface area (Å²) in [6.45, 7) is 12.9. The molecule has 0 radical (unpaired) electrons. The van der Waals surface area contributed by atoms with Crippen LogP contribution >= 0.6 is 0 Å². The molecular weight excluding hydrogens is 258 g/mol. The van der Waals surface area contributed by atoms with Gasteiger partial charge in [-0.15, -0.1) is 0 Å². The summed E-state index contributed by atoms with van der Waals surface area (Å²) >= 11 is 0. The molecule has 0 amide bonds. The Morgan fingerprint density at radius 3 is 2.19 bits per heavy atom. The van der Waals surface area contributed by atoms with E-state index in [-0.39, 0.29) is 0 Å². The van der Waals surface area contributed by atoms with E-state index in [4.69, 9.17) is 4.74 Å². The molecular formula is C19H37NO. The van der Waals surface area contributed by atoms with Gasteiger partial charge in [-0.05, 0) is 63.3 Å². The molecule has 2 fully saturated rings. The van der Waals surface area contributed by atoms with E-state index >= 15 is 0 Å². The molecule has 0 bridgehead atoms. The second-order valence-electron chi connectivity index (χ2n) is 8.17. The Kier molecular flexibility index (Phi) is 5.76. The molecule has 2 atom stereocenters. The maximum absolute atomic E-state index is 6.59. The van der Waals surface area contributed by atoms with Crippen molar-refractivity contribution in [2.24, 2.45) is 10.8 Å². The van der Waals surface area contributed by atoms with Gasteiger partial charge in [0.05, 0.1) is 12.2 Å². The summed E-state index contributed by atoms with van der Waals surface area (Å²) in [5.74, 6) is 0. The molecule has 0 spiro atoms. The van der Waals surface area contributed by atoms with Crippen molar-refractivity contribution >= 4 is 0 Å². The van der Waals surface area contributed by atoms with Crippen LogP contribution < -0.4 is 5.32 Å². The highest BCUT2D eigenvalue weighted by molar-refractivity contribution is 5.07. The topological polar surface area (TPSA) is 21.3 Å². The predicted molar refractivity (Wildman–Crippen MR) is 90.6 cm³/mol. The molecule has 2 saturated carbocycles. The third-order valence-electron chi connectivity index (χ3n) is 6.39. The fourth-order valence-corrected chi connectivity index (χ4v) is 4.48. The largest absolute Gasteiger partial charge is 0.374 e. The van der Waals surface area contributed by atoms with E-state index in [1.807, 2.05) is 0 Å². The van der Waals surface area contributed by atoms with Gasteiger partial charge in [-0.1, -0.05) is 34.6 Å². The summed E-state index contributed by atoms with van der Waals surface area (Å²) in [5.41, 5.74) is 0.930. The SMILES string of the molecule is CCCNC1CC(OC2CCC(C)(C)CC2)C1(CC)CC. The van der Waals surface area contributed by atoms with Crippen LogP contribution in [0.4, 0.5) is 0 Å². The minimum Gasteiger partial charge on any atom is -0.374 e. The monoisotopic (exact) mass is 295 g/mol. The molecule has 2 rings (SSSR count). The van der Waals surface area contributed by atoms with Gasteiger partial charge < -0.3 is 10.1 Å². The molecule has 2 unspecified atom stereocenters. The standard InChI is InChI=1S/C19H37NO/c1-6-13-20-16-14-17(19(16,7-2)8-3)21-15-9-11-18(4,5)12-10-15/h15-17,20H,6-14H2,1-5H3. The first kappa shape index (κ1) is 17.3. The molecule has 0 heterocycles. The predicted octanol–water partition coefficient (Wildman–Crippen LogP) is 4.92. The number of rotatable bonds is 7. The van der Waals surface area contributed by atoms with Crippen molar-refractivity contribution in [2.45, 2.75) is 104 Å². The summed E-state index contributed by atoms with van der Waals surface area (Å²) in [6.07, 6.45) is 11.1. The second kappa shape index (κ2) is 7.00. The third-order valence-corrected chi connectivity index (χ3v) is 6.39. The van der Waals surface area contributed by atoms with E-state index in [1.165, 1.54) is 51.4 Å². The Morgan fingerprint density at radius 1 is 1.05 bits per heavy atom. The van der Waals surface area contributed by atoms with Crippen LogP contribution in [0.15, 0.2) is 0 Å². The van der Waals surface area contributed by atoms with Crippen LogP contribution in [0.2, 0.25) is 0 Å². The number of hydrogen-bond acceptors (Lipinski definition) is 2. The molecule has 2 nitrogen and oxygen atoms in total. The van der Waals surface area contributed by atoms with Crippen molar-refractivity contribution in [2.75, 3.05) is 6.54 Å². The molecule has 2 aliphatic carbocycles. The maximum atomic E-state index is 6.59. The molecule has 0 aliphatic heterocycles. The van der Waals surface area contributed by atoms with Crippen LogP contribution in [-0.4, -0.2) is 24.8 Å². The Bertz CT molecular complexity index is 312. The highest BCUT2D eigenvalue weighted by Crippen LogP contribution is 2.50. The highest BCUT2D eigenvalue weighted by Gasteiger charge is 2.53. The zero-order valence-electron chi connectivity index (χ0n) is 15.0. The van der Waals surface area contributed by atoms with Gasteiger partial charge in [0.25, 0.3) is 0 Å². The van der Waals surface area contributed by atoms with E-state index in [1.54, 1.807) is 0 Å². The lowest BCUT2D eigenvalue weighted by atomic mass is 9.58. The summed E-state index contributed by atoms with van der Waals surface area (Å²) < 4.78 is 6.59. The van der Waals surface area contributed by atoms with Crippen molar-refractivity contribution in [3.05, 3.63) is 0 Å². The maximum Gasteiger partial charge on any atom is 0.0664 e. The van der Waals surface area contributed by atoms with Gasteiger partial charge in [0.15, 0.2) is 0 Å². The number of ether oxygens (including phenoxy) is 1. The zero-order chi connectivity index (χ0) is 15.5. The van der Waals surface area contributed by atoms with Crippen LogP contribution in [0.25, 0.3) is 0 Å². The van der Waals surface area contributed by atoms with Crippen molar-refractivity contribution < 1.29 is 4.74 Å². The molecule has 1 N–H and O–H groups in total. The van der Waals surface area contributed by atoms with Gasteiger partial charge in [-0.25, -0.2) is 0 Å². The molecule has 0 saturated heterocycles. The zero-order valence-corrected chi connectivity index (χ0v) is 15.0. The van der Waals surface area contributed by atoms with E-state index in [9.17, 15) is 0 Å². The lowest BCUT2D eigenvalue weighted by molar-refractivity contribution is -0.176. The fraction of sp³-hybridized carbons (Fsp3) is 1.00. The van der Waals surface area contributed by atoms with Crippen molar-refractivity contribution in [1.29, 1.82) is 0 Å². The molecule has 2 aliphatic rings. The van der Waals surface area contributed by atoms with E-state index in [0.717, 1.165) is 6.54 Å². The Balaban J connectivity index is 1.88. The van der Waals surface area contributed by atoms with Crippen molar-refractivity contribution in [3.8, 4) is 0 Å². The Hall–Kier alpha value is -0.0800. The normalized spacial score (nSPS) is 31.9. The van der Waals surface area contributed by atoms with Crippen LogP contribution in [0.5, 0.6) is 0 Å². The van der Waals surface area contributed by atoms with Gasteiger partial charge >= 0.3 is 0 Å². The number of hydrogen-bond donors (Lipinski definition) is 1. The average molecular weight is 296 g/mol. The highest BCUT2D eigenvalue weighted by atomic mass is 16.5. The lowest BCUT2D eigenvalue weighted by Crippen LogP contribution is -2.64. The summed E-state index contributed by atoms with van der Waals surface area (Å²) in [6, 6.07) is 0.678. The first-order chi connectivity index (χ1) is 9.97. The summed E-state index contributed by atoms with van der Waals surface area (Å²) in [4.78, 5) is 0. The molecule has 0 aromatic rings. The lowest BCUT2D eigenvalue weighted by Gasteiger charge is -2.57. The van der Waals surface area contributed by atoms with Crippen LogP contribution in [0.3, 0.4) is 0 Å². The molecule has 0 aromatic carbocycles. The van der Waals surface area contributed by atoms with Gasteiger partial charge in [0.1, 0.15) is 0 Å². The van der Waals surface area contributed by atoms with Crippen molar-refractivity contribution in [3.63, 3.8) is 0 Å². The minimum absolute atomic E-state index is 0.391. The fourth-order valence-electron chi connectivity index (χ4n) is 4.48. The van der Waals surface area contributed by atoms with Gasteiger partial charge in [0, 0.05) is 11.5 Å². The molecule has 0 aromatic heterocycles. The number of nitrogens with one attached hydrogen (secondary N) is 1. The molecule has 2 heteroatoms. The van der Waals surface area contributed by atoms with Gasteiger partial charge in [-0.3, -0.25) is 0 Å². The van der Waals surface area contributed by atoms with Crippen LogP contribution in [0.1, 0.15) is 86.0 Å². The second-order valence-corrected chi connectivity index (χ2v) is 8.17. The van der Waals surface area contributed by atoms with Crippen LogP contribution in [-0.2, 0) is 4.74 Å². The van der Waals surface area contributed by atoms with Crippen molar-refractivity contribution in [1.82, 2.24) is 5.32 Å². The molecule has 21 heavy (non-hydrogen) atoms. The average Bonchev–Trinajstić information content (AvgIpc) is 2.45. The van der Waals surface area contributed by atoms with E-state index in [2.05, 4.69) is 39.9 Å². The quantitative estimate of drug-likeness (QED) is 0.720. The minimum atomic E-state index is 0.391. The smallest absolute Gasteiger partial charge is 0.0664 e. The summed E-state index contributed by atoms with van der Waals surface area (Å²) in [5, 5.41) is 3.76. The Labute approximate surface area is 132 Å². The first-order valence-corrected chi connectivity index (χ1v) is 9.36. The molecule has 124 valence electrons. The van der Waals surface area contributed by atoms with E-state index in [0.29, 0.717) is 29.1 Å². The van der Waals surface area contributed by atoms with Gasteiger partial charge in [0.2, 0.25) is 0 Å². The summed E-state index contributed by atoms with van der Waals surface area (Å²) in [7, 11) is 0. The van der Waals surface area contributed by atoms with Gasteiger partial charge in [-0.2, -0.15) is 0 Å². The van der Waals surface area contributed by atoms with Crippen LogP contribution in [0, 0.1) is 10.8 Å². The van der Waals surface area contributed by atoms with E-state index < -0.39 is 0 Å². The Morgan fingerprint density at radius 2 is 1.67 bits per heavy atom.